The molecule has 0 saturated carbocycles. The van der Waals surface area contributed by atoms with E-state index in [0.717, 1.165) is 4.47 Å². The fourth-order valence-electron chi connectivity index (χ4n) is 1.56. The van der Waals surface area contributed by atoms with Crippen LogP contribution in [0.25, 0.3) is 0 Å². The standard InChI is InChI=1S/C14H8Br2ClNO3/c15-9-3-8(13(19)10(16)5-9)6-18-12-4-7(14(20)21)1-2-11(12)17/h1-6,19H,(H,20,21)/p-1. The van der Waals surface area contributed by atoms with E-state index in [0.29, 0.717) is 15.1 Å². The quantitative estimate of drug-likeness (QED) is 0.732. The largest absolute Gasteiger partial charge is 0.871 e. The number of carbonyl (C=O) groups is 1. The monoisotopic (exact) mass is 430 g/mol. The van der Waals surface area contributed by atoms with Gasteiger partial charge in [-0.2, -0.15) is 0 Å². The van der Waals surface area contributed by atoms with Crippen LogP contribution in [0.15, 0.2) is 44.3 Å². The average molecular weight is 432 g/mol. The normalized spacial score (nSPS) is 11.0. The maximum absolute atomic E-state index is 11.9. The van der Waals surface area contributed by atoms with Crippen LogP contribution in [0.2, 0.25) is 5.02 Å². The third-order valence-corrected chi connectivity index (χ3v) is 3.94. The smallest absolute Gasteiger partial charge is 0.335 e. The van der Waals surface area contributed by atoms with E-state index in [1.54, 1.807) is 12.1 Å². The summed E-state index contributed by atoms with van der Waals surface area (Å²) in [4.78, 5) is 15.0. The van der Waals surface area contributed by atoms with Gasteiger partial charge in [-0.25, -0.2) is 4.79 Å². The number of benzene rings is 2. The van der Waals surface area contributed by atoms with Crippen molar-refractivity contribution in [2.24, 2.45) is 4.99 Å². The second-order valence-electron chi connectivity index (χ2n) is 4.04. The van der Waals surface area contributed by atoms with Gasteiger partial charge in [0, 0.05) is 15.2 Å². The van der Waals surface area contributed by atoms with Crippen LogP contribution in [0.3, 0.4) is 0 Å². The summed E-state index contributed by atoms with van der Waals surface area (Å²) in [5.41, 5.74) is 0.712. The van der Waals surface area contributed by atoms with Crippen molar-refractivity contribution in [3.05, 3.63) is 55.4 Å². The molecule has 0 heterocycles. The summed E-state index contributed by atoms with van der Waals surface area (Å²) in [7, 11) is 0. The molecule has 108 valence electrons. The molecule has 0 aliphatic heterocycles. The first-order chi connectivity index (χ1) is 9.88. The minimum absolute atomic E-state index is 0.0734. The maximum Gasteiger partial charge on any atom is 0.335 e. The van der Waals surface area contributed by atoms with Crippen LogP contribution in [0, 0.1) is 0 Å². The lowest BCUT2D eigenvalue weighted by atomic mass is 10.2. The molecule has 0 unspecified atom stereocenters. The van der Waals surface area contributed by atoms with Crippen LogP contribution in [-0.4, -0.2) is 17.3 Å². The van der Waals surface area contributed by atoms with Gasteiger partial charge in [0.15, 0.2) is 0 Å². The fourth-order valence-corrected chi connectivity index (χ4v) is 2.98. The molecule has 0 atom stereocenters. The highest BCUT2D eigenvalue weighted by atomic mass is 79.9. The summed E-state index contributed by atoms with van der Waals surface area (Å²) in [6.07, 6.45) is 1.35. The van der Waals surface area contributed by atoms with E-state index in [1.165, 1.54) is 24.4 Å². The number of rotatable bonds is 3. The van der Waals surface area contributed by atoms with E-state index in [4.69, 9.17) is 16.7 Å². The molecule has 0 amide bonds. The third-order valence-electron chi connectivity index (χ3n) is 2.57. The van der Waals surface area contributed by atoms with E-state index in [-0.39, 0.29) is 17.0 Å². The molecule has 2 aromatic rings. The summed E-state index contributed by atoms with van der Waals surface area (Å²) < 4.78 is 1.13. The summed E-state index contributed by atoms with van der Waals surface area (Å²) in [5, 5.41) is 21.2. The van der Waals surface area contributed by atoms with Gasteiger partial charge in [-0.3, -0.25) is 4.99 Å². The first kappa shape index (κ1) is 16.0. The first-order valence-electron chi connectivity index (χ1n) is 5.61. The fraction of sp³-hybridized carbons (Fsp3) is 0. The number of aliphatic imine (C=N–C) groups is 1. The SMILES string of the molecule is O=C(O)c1ccc(Cl)c(N=Cc2cc(Br)cc(Br)c2[O-])c1. The van der Waals surface area contributed by atoms with Crippen LogP contribution in [0.4, 0.5) is 5.69 Å². The van der Waals surface area contributed by atoms with E-state index >= 15 is 0 Å². The minimum atomic E-state index is -1.07. The van der Waals surface area contributed by atoms with Gasteiger partial charge in [-0.1, -0.05) is 49.2 Å². The Bertz CT molecular complexity index is 747. The second-order valence-corrected chi connectivity index (χ2v) is 6.21. The Morgan fingerprint density at radius 1 is 1.29 bits per heavy atom. The Morgan fingerprint density at radius 2 is 2.00 bits per heavy atom. The van der Waals surface area contributed by atoms with Crippen molar-refractivity contribution in [1.29, 1.82) is 0 Å². The van der Waals surface area contributed by atoms with Crippen LogP contribution < -0.4 is 5.11 Å². The number of carboxylic acids is 1. The molecule has 0 bridgehead atoms. The molecule has 0 fully saturated rings. The Kier molecular flexibility index (Phi) is 5.03. The predicted octanol–water partition coefficient (Wildman–Crippen LogP) is 4.39. The molecular formula is C14H7Br2ClNO3-. The van der Waals surface area contributed by atoms with E-state index in [9.17, 15) is 9.90 Å². The zero-order chi connectivity index (χ0) is 15.6. The number of nitrogens with zero attached hydrogens (tertiary/aromatic N) is 1. The minimum Gasteiger partial charge on any atom is -0.871 e. The van der Waals surface area contributed by atoms with Gasteiger partial charge in [0.05, 0.1) is 16.3 Å². The Labute approximate surface area is 142 Å². The molecule has 4 nitrogen and oxygen atoms in total. The molecule has 7 heteroatoms. The van der Waals surface area contributed by atoms with Crippen molar-refractivity contribution in [3.63, 3.8) is 0 Å². The topological polar surface area (TPSA) is 72.7 Å². The van der Waals surface area contributed by atoms with Crippen molar-refractivity contribution >= 4 is 61.3 Å². The molecule has 0 saturated heterocycles. The highest BCUT2D eigenvalue weighted by molar-refractivity contribution is 9.11. The van der Waals surface area contributed by atoms with E-state index < -0.39 is 5.97 Å². The summed E-state index contributed by atoms with van der Waals surface area (Å²) in [5.74, 6) is -1.29. The van der Waals surface area contributed by atoms with E-state index in [1.807, 2.05) is 0 Å². The molecule has 0 radical (unpaired) electrons. The van der Waals surface area contributed by atoms with Crippen molar-refractivity contribution in [3.8, 4) is 5.75 Å². The average Bonchev–Trinajstić information content (AvgIpc) is 2.42. The van der Waals surface area contributed by atoms with E-state index in [2.05, 4.69) is 36.9 Å². The summed E-state index contributed by atoms with van der Waals surface area (Å²) in [6, 6.07) is 7.44. The molecule has 21 heavy (non-hydrogen) atoms. The van der Waals surface area contributed by atoms with Gasteiger partial charge in [-0.05, 0) is 35.9 Å². The highest BCUT2D eigenvalue weighted by Gasteiger charge is 2.06. The maximum atomic E-state index is 11.9. The van der Waals surface area contributed by atoms with Crippen molar-refractivity contribution in [1.82, 2.24) is 0 Å². The van der Waals surface area contributed by atoms with Crippen molar-refractivity contribution < 1.29 is 15.0 Å². The molecule has 0 aliphatic carbocycles. The van der Waals surface area contributed by atoms with Gasteiger partial charge >= 0.3 is 5.97 Å². The predicted molar refractivity (Wildman–Crippen MR) is 87.0 cm³/mol. The molecule has 0 aromatic heterocycles. The second kappa shape index (κ2) is 6.60. The molecular weight excluding hydrogens is 425 g/mol. The van der Waals surface area contributed by atoms with Gasteiger partial charge in [0.2, 0.25) is 0 Å². The number of hydrogen-bond acceptors (Lipinski definition) is 3. The zero-order valence-electron chi connectivity index (χ0n) is 10.3. The highest BCUT2D eigenvalue weighted by Crippen LogP contribution is 2.30. The van der Waals surface area contributed by atoms with Crippen LogP contribution in [0.1, 0.15) is 15.9 Å². The lowest BCUT2D eigenvalue weighted by Crippen LogP contribution is -1.98. The Balaban J connectivity index is 2.42. The zero-order valence-corrected chi connectivity index (χ0v) is 14.2. The summed E-state index contributed by atoms with van der Waals surface area (Å²) in [6.45, 7) is 0. The number of hydrogen-bond donors (Lipinski definition) is 1. The van der Waals surface area contributed by atoms with Gasteiger partial charge in [-0.15, -0.1) is 0 Å². The number of halogens is 3. The van der Waals surface area contributed by atoms with Gasteiger partial charge in [0.1, 0.15) is 0 Å². The molecule has 2 aromatic carbocycles. The Hall–Kier alpha value is -1.37. The van der Waals surface area contributed by atoms with Crippen molar-refractivity contribution in [2.75, 3.05) is 0 Å². The Morgan fingerprint density at radius 3 is 2.67 bits per heavy atom. The van der Waals surface area contributed by atoms with Gasteiger partial charge < -0.3 is 10.2 Å². The lowest BCUT2D eigenvalue weighted by Gasteiger charge is -2.13. The number of carboxylic acid groups (broad SMARTS) is 1. The molecule has 0 spiro atoms. The number of aromatic carboxylic acids is 1. The lowest BCUT2D eigenvalue weighted by molar-refractivity contribution is -0.269. The van der Waals surface area contributed by atoms with Crippen LogP contribution >= 0.6 is 43.5 Å². The van der Waals surface area contributed by atoms with Crippen LogP contribution in [-0.2, 0) is 0 Å². The molecule has 0 aliphatic rings. The summed E-state index contributed by atoms with van der Waals surface area (Å²) >= 11 is 12.4. The third kappa shape index (κ3) is 3.84. The first-order valence-corrected chi connectivity index (χ1v) is 7.58. The molecule has 2 rings (SSSR count). The van der Waals surface area contributed by atoms with Crippen molar-refractivity contribution in [2.45, 2.75) is 0 Å². The van der Waals surface area contributed by atoms with Gasteiger partial charge in [0.25, 0.3) is 0 Å². The van der Waals surface area contributed by atoms with Crippen LogP contribution in [0.5, 0.6) is 5.75 Å². The molecule has 1 N–H and O–H groups in total.